The standard InChI is InChI=1S/C49H31N3O/c1-4-13-32(14-5-1)33-23-25-36(26-24-33)47-50-48(52-49(51-47)42-20-11-10-19-38(42)34-15-6-2-7-16-34)37-27-29-44-43(31-37)41-22-12-21-40-39(35-17-8-3-9-18-35)28-30-45(53-44)46(40)41/h1-31H. The zero-order valence-corrected chi connectivity index (χ0v) is 28.6. The van der Waals surface area contributed by atoms with Crippen molar-refractivity contribution in [3.05, 3.63) is 188 Å². The number of nitrogens with zero attached hydrogens (tertiary/aromatic N) is 3. The lowest BCUT2D eigenvalue weighted by Gasteiger charge is -2.23. The zero-order valence-electron chi connectivity index (χ0n) is 28.6. The van der Waals surface area contributed by atoms with E-state index in [1.54, 1.807) is 0 Å². The van der Waals surface area contributed by atoms with E-state index in [1.165, 1.54) is 11.1 Å². The lowest BCUT2D eigenvalue weighted by molar-refractivity contribution is 0.487. The van der Waals surface area contributed by atoms with E-state index in [0.29, 0.717) is 17.5 Å². The molecule has 2 heterocycles. The van der Waals surface area contributed by atoms with Gasteiger partial charge in [-0.15, -0.1) is 0 Å². The minimum absolute atomic E-state index is 0.596. The van der Waals surface area contributed by atoms with Crippen molar-refractivity contribution in [2.24, 2.45) is 0 Å². The van der Waals surface area contributed by atoms with Gasteiger partial charge in [0.15, 0.2) is 17.5 Å². The lowest BCUT2D eigenvalue weighted by atomic mass is 9.90. The van der Waals surface area contributed by atoms with Crippen LogP contribution in [0.5, 0.6) is 11.5 Å². The maximum absolute atomic E-state index is 6.58. The van der Waals surface area contributed by atoms with Crippen LogP contribution in [0.1, 0.15) is 0 Å². The summed E-state index contributed by atoms with van der Waals surface area (Å²) in [6.45, 7) is 0. The van der Waals surface area contributed by atoms with Gasteiger partial charge < -0.3 is 4.74 Å². The van der Waals surface area contributed by atoms with E-state index in [9.17, 15) is 0 Å². The van der Waals surface area contributed by atoms with Gasteiger partial charge in [-0.05, 0) is 68.6 Å². The third-order valence-electron chi connectivity index (χ3n) is 9.97. The summed E-state index contributed by atoms with van der Waals surface area (Å²) in [6.07, 6.45) is 0. The maximum Gasteiger partial charge on any atom is 0.164 e. The normalized spacial score (nSPS) is 11.5. The van der Waals surface area contributed by atoms with Crippen LogP contribution in [0.3, 0.4) is 0 Å². The minimum atomic E-state index is 0.596. The molecular formula is C49H31N3O. The summed E-state index contributed by atoms with van der Waals surface area (Å²) in [5.41, 5.74) is 11.7. The first-order valence-corrected chi connectivity index (χ1v) is 17.8. The van der Waals surface area contributed by atoms with Gasteiger partial charge >= 0.3 is 0 Å². The molecule has 53 heavy (non-hydrogen) atoms. The second kappa shape index (κ2) is 12.9. The van der Waals surface area contributed by atoms with E-state index in [4.69, 9.17) is 19.7 Å². The summed E-state index contributed by atoms with van der Waals surface area (Å²) in [6, 6.07) is 65.0. The van der Waals surface area contributed by atoms with Gasteiger partial charge in [-0.3, -0.25) is 0 Å². The third kappa shape index (κ3) is 5.54. The molecule has 1 aliphatic rings. The fraction of sp³-hybridized carbons (Fsp3) is 0. The van der Waals surface area contributed by atoms with Gasteiger partial charge in [0.05, 0.1) is 0 Å². The number of aromatic nitrogens is 3. The predicted molar refractivity (Wildman–Crippen MR) is 215 cm³/mol. The van der Waals surface area contributed by atoms with Crippen LogP contribution in [0.4, 0.5) is 0 Å². The highest BCUT2D eigenvalue weighted by atomic mass is 16.5. The molecular weight excluding hydrogens is 647 g/mol. The van der Waals surface area contributed by atoms with Gasteiger partial charge in [0.25, 0.3) is 0 Å². The summed E-state index contributed by atoms with van der Waals surface area (Å²) in [4.78, 5) is 15.4. The van der Waals surface area contributed by atoms with Crippen LogP contribution in [-0.2, 0) is 0 Å². The van der Waals surface area contributed by atoms with Crippen molar-refractivity contribution in [1.82, 2.24) is 15.0 Å². The molecule has 0 amide bonds. The Morgan fingerprint density at radius 3 is 1.51 bits per heavy atom. The SMILES string of the molecule is c1ccc(-c2ccc(-c3nc(-c4ccc5c(c4)-c4cccc6c(-c7ccccc7)ccc(c46)O5)nc(-c4ccccc4-c4ccccc4)n3)cc2)cc1. The van der Waals surface area contributed by atoms with Crippen LogP contribution in [0, 0.1) is 0 Å². The second-order valence-corrected chi connectivity index (χ2v) is 13.2. The number of fused-ring (bicyclic) bond motifs is 2. The Kier molecular flexibility index (Phi) is 7.43. The number of hydrogen-bond donors (Lipinski definition) is 0. The van der Waals surface area contributed by atoms with Crippen LogP contribution in [0.25, 0.3) is 89.4 Å². The van der Waals surface area contributed by atoms with Crippen molar-refractivity contribution < 1.29 is 4.74 Å². The van der Waals surface area contributed by atoms with Crippen molar-refractivity contribution in [2.75, 3.05) is 0 Å². The van der Waals surface area contributed by atoms with Gasteiger partial charge in [0, 0.05) is 27.6 Å². The largest absolute Gasteiger partial charge is 0.456 e. The molecule has 4 nitrogen and oxygen atoms in total. The predicted octanol–water partition coefficient (Wildman–Crippen LogP) is 12.8. The first-order valence-electron chi connectivity index (χ1n) is 17.8. The van der Waals surface area contributed by atoms with E-state index < -0.39 is 0 Å². The van der Waals surface area contributed by atoms with Gasteiger partial charge in [0.1, 0.15) is 11.5 Å². The molecule has 9 aromatic rings. The molecule has 1 aliphatic heterocycles. The molecule has 0 saturated carbocycles. The summed E-state index contributed by atoms with van der Waals surface area (Å²) in [5, 5.41) is 2.26. The summed E-state index contributed by atoms with van der Waals surface area (Å²) in [5.74, 6) is 3.49. The number of ether oxygens (including phenoxy) is 1. The Morgan fingerprint density at radius 1 is 0.283 bits per heavy atom. The van der Waals surface area contributed by atoms with Gasteiger partial charge in [-0.1, -0.05) is 164 Å². The molecule has 248 valence electrons. The molecule has 0 saturated heterocycles. The highest BCUT2D eigenvalue weighted by Gasteiger charge is 2.23. The van der Waals surface area contributed by atoms with Gasteiger partial charge in [-0.25, -0.2) is 15.0 Å². The first-order chi connectivity index (χ1) is 26.3. The molecule has 0 fully saturated rings. The highest BCUT2D eigenvalue weighted by Crippen LogP contribution is 2.49. The molecule has 0 bridgehead atoms. The summed E-state index contributed by atoms with van der Waals surface area (Å²) < 4.78 is 6.58. The van der Waals surface area contributed by atoms with E-state index >= 15 is 0 Å². The molecule has 1 aromatic heterocycles. The Bertz CT molecular complexity index is 2780. The van der Waals surface area contributed by atoms with Gasteiger partial charge in [0.2, 0.25) is 0 Å². The lowest BCUT2D eigenvalue weighted by Crippen LogP contribution is -2.02. The molecule has 0 unspecified atom stereocenters. The zero-order chi connectivity index (χ0) is 35.1. The molecule has 0 radical (unpaired) electrons. The Hall–Kier alpha value is -7.17. The summed E-state index contributed by atoms with van der Waals surface area (Å²) >= 11 is 0. The van der Waals surface area contributed by atoms with E-state index in [-0.39, 0.29) is 0 Å². The monoisotopic (exact) mass is 677 g/mol. The average Bonchev–Trinajstić information content (AvgIpc) is 3.24. The molecule has 0 spiro atoms. The van der Waals surface area contributed by atoms with Gasteiger partial charge in [-0.2, -0.15) is 0 Å². The van der Waals surface area contributed by atoms with E-state index in [2.05, 4.69) is 152 Å². The highest BCUT2D eigenvalue weighted by molar-refractivity contribution is 6.10. The van der Waals surface area contributed by atoms with Crippen LogP contribution in [0.2, 0.25) is 0 Å². The van der Waals surface area contributed by atoms with Crippen molar-refractivity contribution in [1.29, 1.82) is 0 Å². The van der Waals surface area contributed by atoms with Crippen LogP contribution < -0.4 is 4.74 Å². The van der Waals surface area contributed by atoms with Crippen molar-refractivity contribution in [3.8, 4) is 90.2 Å². The molecule has 0 aliphatic carbocycles. The van der Waals surface area contributed by atoms with Crippen molar-refractivity contribution in [3.63, 3.8) is 0 Å². The molecule has 0 atom stereocenters. The van der Waals surface area contributed by atoms with Crippen molar-refractivity contribution >= 4 is 10.8 Å². The third-order valence-corrected chi connectivity index (χ3v) is 9.97. The fourth-order valence-corrected chi connectivity index (χ4v) is 7.38. The van der Waals surface area contributed by atoms with Crippen molar-refractivity contribution in [2.45, 2.75) is 0 Å². The fourth-order valence-electron chi connectivity index (χ4n) is 7.38. The first kappa shape index (κ1) is 30.6. The number of hydrogen-bond acceptors (Lipinski definition) is 4. The summed E-state index contributed by atoms with van der Waals surface area (Å²) in [7, 11) is 0. The molecule has 0 N–H and O–H groups in total. The number of rotatable bonds is 6. The molecule has 4 heteroatoms. The smallest absolute Gasteiger partial charge is 0.164 e. The Labute approximate surface area is 307 Å². The van der Waals surface area contributed by atoms with Crippen LogP contribution in [-0.4, -0.2) is 15.0 Å². The Balaban J connectivity index is 1.14. The quantitative estimate of drug-likeness (QED) is 0.176. The van der Waals surface area contributed by atoms with E-state index in [0.717, 1.165) is 72.3 Å². The topological polar surface area (TPSA) is 47.9 Å². The molecule has 10 rings (SSSR count). The second-order valence-electron chi connectivity index (χ2n) is 13.2. The van der Waals surface area contributed by atoms with E-state index in [1.807, 2.05) is 36.4 Å². The number of benzene rings is 8. The van der Waals surface area contributed by atoms with Crippen LogP contribution in [0.15, 0.2) is 188 Å². The average molecular weight is 678 g/mol. The van der Waals surface area contributed by atoms with Crippen LogP contribution >= 0.6 is 0 Å². The maximum atomic E-state index is 6.58. The minimum Gasteiger partial charge on any atom is -0.456 e. The molecule has 8 aromatic carbocycles. The Morgan fingerprint density at radius 2 is 0.792 bits per heavy atom.